The van der Waals surface area contributed by atoms with Crippen molar-refractivity contribution >= 4 is 17.3 Å². The molecular weight excluding hydrogens is 246 g/mol. The molecule has 0 amide bonds. The van der Waals surface area contributed by atoms with Gasteiger partial charge in [-0.25, -0.2) is 9.97 Å². The molecule has 18 heavy (non-hydrogen) atoms. The van der Waals surface area contributed by atoms with Crippen LogP contribution in [0, 0.1) is 6.92 Å². The van der Waals surface area contributed by atoms with Crippen LogP contribution in [0.3, 0.4) is 0 Å². The first-order valence-electron chi connectivity index (χ1n) is 5.88. The largest absolute Gasteiger partial charge is 0.399 e. The summed E-state index contributed by atoms with van der Waals surface area (Å²) in [6.45, 7) is 6.16. The number of rotatable bonds is 2. The summed E-state index contributed by atoms with van der Waals surface area (Å²) in [5.41, 5.74) is 9.17. The molecule has 0 fully saturated rings. The van der Waals surface area contributed by atoms with Crippen LogP contribution in [0.4, 0.5) is 5.69 Å². The van der Waals surface area contributed by atoms with E-state index in [0.29, 0.717) is 22.5 Å². The number of nitrogens with zero attached hydrogens (tertiary/aromatic N) is 2. The van der Waals surface area contributed by atoms with E-state index in [-0.39, 0.29) is 0 Å². The van der Waals surface area contributed by atoms with Gasteiger partial charge >= 0.3 is 0 Å². The Morgan fingerprint density at radius 1 is 1.17 bits per heavy atom. The predicted octanol–water partition coefficient (Wildman–Crippen LogP) is 3.81. The van der Waals surface area contributed by atoms with Crippen LogP contribution in [0.5, 0.6) is 0 Å². The number of anilines is 1. The Balaban J connectivity index is 2.60. The average Bonchev–Trinajstić information content (AvgIpc) is 2.31. The lowest BCUT2D eigenvalue weighted by atomic mass is 10.1. The number of halogens is 1. The number of nitrogens with two attached hydrogens (primary N) is 1. The summed E-state index contributed by atoms with van der Waals surface area (Å²) >= 11 is 6.18. The third-order valence-electron chi connectivity index (χ3n) is 2.70. The maximum Gasteiger partial charge on any atom is 0.161 e. The zero-order valence-electron chi connectivity index (χ0n) is 10.7. The summed E-state index contributed by atoms with van der Waals surface area (Å²) < 4.78 is 0. The van der Waals surface area contributed by atoms with E-state index in [1.54, 1.807) is 18.2 Å². The Kier molecular flexibility index (Phi) is 3.53. The highest BCUT2D eigenvalue weighted by Gasteiger charge is 2.11. The van der Waals surface area contributed by atoms with Gasteiger partial charge in [-0.1, -0.05) is 25.4 Å². The van der Waals surface area contributed by atoms with Gasteiger partial charge in [-0.3, -0.25) is 0 Å². The molecule has 1 heterocycles. The quantitative estimate of drug-likeness (QED) is 0.837. The third-order valence-corrected chi connectivity index (χ3v) is 3.03. The molecule has 1 aromatic carbocycles. The molecule has 94 valence electrons. The first-order chi connectivity index (χ1) is 8.47. The van der Waals surface area contributed by atoms with Gasteiger partial charge in [0.25, 0.3) is 0 Å². The molecule has 0 aliphatic carbocycles. The van der Waals surface area contributed by atoms with Gasteiger partial charge in [-0.05, 0) is 37.1 Å². The molecule has 1 aromatic heterocycles. The van der Waals surface area contributed by atoms with Crippen LogP contribution in [0.2, 0.25) is 5.02 Å². The number of aryl methyl sites for hydroxylation is 1. The van der Waals surface area contributed by atoms with Crippen molar-refractivity contribution in [2.45, 2.75) is 26.7 Å². The van der Waals surface area contributed by atoms with E-state index in [1.807, 2.05) is 13.0 Å². The summed E-state index contributed by atoms with van der Waals surface area (Å²) in [7, 11) is 0. The van der Waals surface area contributed by atoms with Crippen LogP contribution in [0.1, 0.15) is 31.2 Å². The maximum atomic E-state index is 6.18. The van der Waals surface area contributed by atoms with Crippen molar-refractivity contribution in [1.29, 1.82) is 0 Å². The van der Waals surface area contributed by atoms with Gasteiger partial charge in [-0.15, -0.1) is 0 Å². The topological polar surface area (TPSA) is 51.8 Å². The number of benzene rings is 1. The zero-order valence-corrected chi connectivity index (χ0v) is 11.5. The molecule has 0 bridgehead atoms. The summed E-state index contributed by atoms with van der Waals surface area (Å²) in [5.74, 6) is 0.987. The molecule has 2 N–H and O–H groups in total. The Labute approximate surface area is 112 Å². The predicted molar refractivity (Wildman–Crippen MR) is 75.7 cm³/mol. The second-order valence-electron chi connectivity index (χ2n) is 4.65. The van der Waals surface area contributed by atoms with Gasteiger partial charge in [0.1, 0.15) is 0 Å². The standard InChI is InChI=1S/C14H16ClN3/c1-8(2)13-6-9(3)17-14(18-13)11-7-10(16)4-5-12(11)15/h4-8H,16H2,1-3H3. The number of hydrogen-bond acceptors (Lipinski definition) is 3. The molecule has 0 aliphatic rings. The van der Waals surface area contributed by atoms with Gasteiger partial charge in [0.2, 0.25) is 0 Å². The Hall–Kier alpha value is -1.61. The van der Waals surface area contributed by atoms with Gasteiger partial charge in [0, 0.05) is 22.6 Å². The van der Waals surface area contributed by atoms with Crippen LogP contribution in [0.15, 0.2) is 24.3 Å². The van der Waals surface area contributed by atoms with Gasteiger partial charge in [-0.2, -0.15) is 0 Å². The highest BCUT2D eigenvalue weighted by molar-refractivity contribution is 6.33. The van der Waals surface area contributed by atoms with Crippen molar-refractivity contribution in [3.63, 3.8) is 0 Å². The second-order valence-corrected chi connectivity index (χ2v) is 5.06. The fraction of sp³-hybridized carbons (Fsp3) is 0.286. The molecule has 0 saturated carbocycles. The fourth-order valence-electron chi connectivity index (χ4n) is 1.72. The van der Waals surface area contributed by atoms with Crippen LogP contribution < -0.4 is 5.73 Å². The minimum Gasteiger partial charge on any atom is -0.399 e. The lowest BCUT2D eigenvalue weighted by Crippen LogP contribution is -2.00. The van der Waals surface area contributed by atoms with Gasteiger partial charge in [0.15, 0.2) is 5.82 Å². The molecule has 0 saturated heterocycles. The lowest BCUT2D eigenvalue weighted by molar-refractivity contribution is 0.812. The number of hydrogen-bond donors (Lipinski definition) is 1. The summed E-state index contributed by atoms with van der Waals surface area (Å²) in [6, 6.07) is 7.34. The molecule has 0 radical (unpaired) electrons. The van der Waals surface area contributed by atoms with E-state index in [4.69, 9.17) is 17.3 Å². The molecule has 4 heteroatoms. The normalized spacial score (nSPS) is 10.9. The molecule has 3 nitrogen and oxygen atoms in total. The molecule has 2 rings (SSSR count). The maximum absolute atomic E-state index is 6.18. The fourth-order valence-corrected chi connectivity index (χ4v) is 1.93. The van der Waals surface area contributed by atoms with Gasteiger partial charge in [0.05, 0.1) is 5.02 Å². The van der Waals surface area contributed by atoms with Crippen LogP contribution in [-0.4, -0.2) is 9.97 Å². The van der Waals surface area contributed by atoms with Crippen molar-refractivity contribution in [3.05, 3.63) is 40.7 Å². The first-order valence-corrected chi connectivity index (χ1v) is 6.26. The lowest BCUT2D eigenvalue weighted by Gasteiger charge is -2.10. The summed E-state index contributed by atoms with van der Waals surface area (Å²) in [6.07, 6.45) is 0. The van der Waals surface area contributed by atoms with E-state index in [1.165, 1.54) is 0 Å². The third kappa shape index (κ3) is 2.62. The van der Waals surface area contributed by atoms with Crippen LogP contribution in [0.25, 0.3) is 11.4 Å². The van der Waals surface area contributed by atoms with E-state index in [2.05, 4.69) is 23.8 Å². The van der Waals surface area contributed by atoms with E-state index in [9.17, 15) is 0 Å². The second kappa shape index (κ2) is 4.94. The highest BCUT2D eigenvalue weighted by atomic mass is 35.5. The van der Waals surface area contributed by atoms with Crippen molar-refractivity contribution in [2.24, 2.45) is 0 Å². The molecular formula is C14H16ClN3. The number of nitrogen functional groups attached to an aromatic ring is 1. The van der Waals surface area contributed by atoms with Gasteiger partial charge < -0.3 is 5.73 Å². The zero-order chi connectivity index (χ0) is 13.3. The smallest absolute Gasteiger partial charge is 0.161 e. The minimum absolute atomic E-state index is 0.352. The van der Waals surface area contributed by atoms with Crippen molar-refractivity contribution < 1.29 is 0 Å². The van der Waals surface area contributed by atoms with Crippen molar-refractivity contribution in [2.75, 3.05) is 5.73 Å². The SMILES string of the molecule is Cc1cc(C(C)C)nc(-c2cc(N)ccc2Cl)n1. The monoisotopic (exact) mass is 261 g/mol. The van der Waals surface area contributed by atoms with E-state index < -0.39 is 0 Å². The Morgan fingerprint density at radius 2 is 1.89 bits per heavy atom. The molecule has 0 unspecified atom stereocenters. The molecule has 0 spiro atoms. The number of aromatic nitrogens is 2. The van der Waals surface area contributed by atoms with E-state index in [0.717, 1.165) is 17.0 Å². The van der Waals surface area contributed by atoms with Crippen LogP contribution in [-0.2, 0) is 0 Å². The average molecular weight is 262 g/mol. The minimum atomic E-state index is 0.352. The highest BCUT2D eigenvalue weighted by Crippen LogP contribution is 2.28. The molecule has 0 aliphatic heterocycles. The van der Waals surface area contributed by atoms with Crippen molar-refractivity contribution in [3.8, 4) is 11.4 Å². The van der Waals surface area contributed by atoms with Crippen molar-refractivity contribution in [1.82, 2.24) is 9.97 Å². The summed E-state index contributed by atoms with van der Waals surface area (Å²) in [5, 5.41) is 0.615. The van der Waals surface area contributed by atoms with Crippen LogP contribution >= 0.6 is 11.6 Å². The Morgan fingerprint density at radius 3 is 2.56 bits per heavy atom. The Bertz CT molecular complexity index is 579. The molecule has 2 aromatic rings. The summed E-state index contributed by atoms with van der Waals surface area (Å²) in [4.78, 5) is 8.99. The van der Waals surface area contributed by atoms with E-state index >= 15 is 0 Å². The first kappa shape index (κ1) is 12.8. The molecule has 0 atom stereocenters.